The first-order chi connectivity index (χ1) is 12.5. The van der Waals surface area contributed by atoms with Gasteiger partial charge in [0.25, 0.3) is 5.91 Å². The van der Waals surface area contributed by atoms with Gasteiger partial charge in [0.1, 0.15) is 0 Å². The highest BCUT2D eigenvalue weighted by atomic mass is 16.2. The van der Waals surface area contributed by atoms with Crippen LogP contribution in [0.2, 0.25) is 0 Å². The maximum Gasteiger partial charge on any atom is 0.255 e. The lowest BCUT2D eigenvalue weighted by Crippen LogP contribution is -2.39. The van der Waals surface area contributed by atoms with E-state index in [1.807, 2.05) is 60.3 Å². The molecule has 0 radical (unpaired) electrons. The molecular formula is C21H23N3O2. The molecule has 2 aromatic rings. The number of carbonyl (C=O) groups is 2. The summed E-state index contributed by atoms with van der Waals surface area (Å²) in [7, 11) is 3.91. The van der Waals surface area contributed by atoms with E-state index in [-0.39, 0.29) is 11.8 Å². The predicted molar refractivity (Wildman–Crippen MR) is 104 cm³/mol. The fourth-order valence-corrected chi connectivity index (χ4v) is 3.85. The monoisotopic (exact) mass is 349 g/mol. The van der Waals surface area contributed by atoms with Crippen LogP contribution in [-0.2, 0) is 17.6 Å². The van der Waals surface area contributed by atoms with Crippen LogP contribution in [0.15, 0.2) is 36.4 Å². The SMILES string of the molecule is CN(C)c1cccc(C(=O)Nc2cc3c4c(c2)CCC(=O)N4CCC3)c1. The smallest absolute Gasteiger partial charge is 0.255 e. The van der Waals surface area contributed by atoms with E-state index in [0.29, 0.717) is 12.0 Å². The molecule has 4 rings (SSSR count). The second kappa shape index (κ2) is 6.48. The van der Waals surface area contributed by atoms with E-state index in [9.17, 15) is 9.59 Å². The van der Waals surface area contributed by atoms with E-state index in [4.69, 9.17) is 0 Å². The topological polar surface area (TPSA) is 52.7 Å². The van der Waals surface area contributed by atoms with Crippen molar-refractivity contribution in [2.75, 3.05) is 35.8 Å². The highest BCUT2D eigenvalue weighted by Gasteiger charge is 2.29. The minimum Gasteiger partial charge on any atom is -0.378 e. The summed E-state index contributed by atoms with van der Waals surface area (Å²) in [6.45, 7) is 0.807. The van der Waals surface area contributed by atoms with Crippen LogP contribution >= 0.6 is 0 Å². The van der Waals surface area contributed by atoms with Crippen LogP contribution in [0.4, 0.5) is 17.1 Å². The van der Waals surface area contributed by atoms with Crippen molar-refractivity contribution in [2.24, 2.45) is 0 Å². The molecule has 0 aromatic heterocycles. The summed E-state index contributed by atoms with van der Waals surface area (Å²) in [6, 6.07) is 11.6. The van der Waals surface area contributed by atoms with Crippen molar-refractivity contribution in [3.05, 3.63) is 53.1 Å². The van der Waals surface area contributed by atoms with Crippen molar-refractivity contribution in [2.45, 2.75) is 25.7 Å². The summed E-state index contributed by atoms with van der Waals surface area (Å²) >= 11 is 0. The Morgan fingerprint density at radius 2 is 1.85 bits per heavy atom. The first-order valence-electron chi connectivity index (χ1n) is 9.08. The molecule has 0 bridgehead atoms. The summed E-state index contributed by atoms with van der Waals surface area (Å²) in [4.78, 5) is 28.8. The van der Waals surface area contributed by atoms with Crippen LogP contribution < -0.4 is 15.1 Å². The number of nitrogens with zero attached hydrogens (tertiary/aromatic N) is 2. The third-order valence-electron chi connectivity index (χ3n) is 5.16. The summed E-state index contributed by atoms with van der Waals surface area (Å²) in [6.07, 6.45) is 3.22. The molecule has 0 spiro atoms. The third-order valence-corrected chi connectivity index (χ3v) is 5.16. The van der Waals surface area contributed by atoms with Gasteiger partial charge in [-0.05, 0) is 60.7 Å². The summed E-state index contributed by atoms with van der Waals surface area (Å²) in [5.41, 5.74) is 5.86. The number of aryl methyl sites for hydroxylation is 2. The lowest BCUT2D eigenvalue weighted by atomic mass is 9.91. The summed E-state index contributed by atoms with van der Waals surface area (Å²) in [5, 5.41) is 3.04. The molecule has 5 heteroatoms. The number of anilines is 3. The first-order valence-corrected chi connectivity index (χ1v) is 9.08. The van der Waals surface area contributed by atoms with Crippen molar-refractivity contribution >= 4 is 28.9 Å². The molecule has 0 atom stereocenters. The van der Waals surface area contributed by atoms with Gasteiger partial charge in [-0.1, -0.05) is 6.07 Å². The van der Waals surface area contributed by atoms with Crippen molar-refractivity contribution in [3.63, 3.8) is 0 Å². The number of amides is 2. The molecule has 0 saturated carbocycles. The van der Waals surface area contributed by atoms with Gasteiger partial charge in [0.15, 0.2) is 0 Å². The second-order valence-electron chi connectivity index (χ2n) is 7.19. The fraction of sp³-hybridized carbons (Fsp3) is 0.333. The molecule has 2 aliphatic heterocycles. The Kier molecular flexibility index (Phi) is 4.15. The Morgan fingerprint density at radius 1 is 1.08 bits per heavy atom. The fourth-order valence-electron chi connectivity index (χ4n) is 3.85. The molecule has 0 saturated heterocycles. The first kappa shape index (κ1) is 16.6. The van der Waals surface area contributed by atoms with Crippen molar-refractivity contribution in [3.8, 4) is 0 Å². The lowest BCUT2D eigenvalue weighted by Gasteiger charge is -2.35. The molecule has 0 aliphatic carbocycles. The number of carbonyl (C=O) groups excluding carboxylic acids is 2. The second-order valence-corrected chi connectivity index (χ2v) is 7.19. The molecule has 2 heterocycles. The molecule has 26 heavy (non-hydrogen) atoms. The molecule has 1 N–H and O–H groups in total. The zero-order chi connectivity index (χ0) is 18.3. The van der Waals surface area contributed by atoms with Gasteiger partial charge in [-0.2, -0.15) is 0 Å². The van der Waals surface area contributed by atoms with Crippen molar-refractivity contribution < 1.29 is 9.59 Å². The molecule has 0 fully saturated rings. The number of rotatable bonds is 3. The number of hydrogen-bond acceptors (Lipinski definition) is 3. The van der Waals surface area contributed by atoms with Crippen LogP contribution in [0.25, 0.3) is 0 Å². The molecule has 134 valence electrons. The molecule has 2 aromatic carbocycles. The number of benzene rings is 2. The highest BCUT2D eigenvalue weighted by molar-refractivity contribution is 6.05. The largest absolute Gasteiger partial charge is 0.378 e. The third kappa shape index (κ3) is 2.94. The maximum absolute atomic E-state index is 12.7. The van der Waals surface area contributed by atoms with Gasteiger partial charge in [-0.15, -0.1) is 0 Å². The highest BCUT2D eigenvalue weighted by Crippen LogP contribution is 2.38. The summed E-state index contributed by atoms with van der Waals surface area (Å²) in [5.74, 6) is 0.108. The van der Waals surface area contributed by atoms with Crippen molar-refractivity contribution in [1.82, 2.24) is 0 Å². The van der Waals surface area contributed by atoms with E-state index in [2.05, 4.69) is 5.32 Å². The number of hydrogen-bond donors (Lipinski definition) is 1. The minimum absolute atomic E-state index is 0.111. The molecule has 5 nitrogen and oxygen atoms in total. The number of nitrogens with one attached hydrogen (secondary N) is 1. The van der Waals surface area contributed by atoms with E-state index in [0.717, 1.165) is 42.9 Å². The quantitative estimate of drug-likeness (QED) is 0.926. The average molecular weight is 349 g/mol. The molecule has 2 aliphatic rings. The zero-order valence-electron chi connectivity index (χ0n) is 15.2. The Balaban J connectivity index is 1.63. The maximum atomic E-state index is 12.7. The van der Waals surface area contributed by atoms with E-state index >= 15 is 0 Å². The van der Waals surface area contributed by atoms with Gasteiger partial charge in [0.2, 0.25) is 5.91 Å². The van der Waals surface area contributed by atoms with Crippen LogP contribution in [-0.4, -0.2) is 32.5 Å². The Morgan fingerprint density at radius 3 is 2.62 bits per heavy atom. The van der Waals surface area contributed by atoms with Crippen LogP contribution in [0.1, 0.15) is 34.3 Å². The van der Waals surface area contributed by atoms with Gasteiger partial charge in [0.05, 0.1) is 5.69 Å². The van der Waals surface area contributed by atoms with E-state index in [1.54, 1.807) is 0 Å². The van der Waals surface area contributed by atoms with Crippen LogP contribution in [0.5, 0.6) is 0 Å². The van der Waals surface area contributed by atoms with Gasteiger partial charge in [-0.25, -0.2) is 0 Å². The Labute approximate surface area is 153 Å². The summed E-state index contributed by atoms with van der Waals surface area (Å²) < 4.78 is 0. The van der Waals surface area contributed by atoms with Crippen LogP contribution in [0.3, 0.4) is 0 Å². The van der Waals surface area contributed by atoms with Gasteiger partial charge >= 0.3 is 0 Å². The van der Waals surface area contributed by atoms with Gasteiger partial charge in [-0.3, -0.25) is 9.59 Å². The van der Waals surface area contributed by atoms with E-state index in [1.165, 1.54) is 11.1 Å². The normalized spacial score (nSPS) is 15.5. The van der Waals surface area contributed by atoms with Crippen molar-refractivity contribution in [1.29, 1.82) is 0 Å². The molecular weight excluding hydrogens is 326 g/mol. The van der Waals surface area contributed by atoms with Crippen LogP contribution in [0, 0.1) is 0 Å². The zero-order valence-corrected chi connectivity index (χ0v) is 15.2. The predicted octanol–water partition coefficient (Wildman–Crippen LogP) is 3.23. The van der Waals surface area contributed by atoms with Gasteiger partial charge in [0, 0.05) is 44.0 Å². The molecule has 2 amide bonds. The minimum atomic E-state index is -0.111. The Bertz CT molecular complexity index is 872. The standard InChI is InChI=1S/C21H23N3O2/c1-23(2)18-7-3-5-16(13-18)21(26)22-17-11-14-6-4-10-24-19(25)9-8-15(12-17)20(14)24/h3,5,7,11-13H,4,6,8-10H2,1-2H3,(H,22,26). The Hall–Kier alpha value is -2.82. The molecule has 0 unspecified atom stereocenters. The van der Waals surface area contributed by atoms with Gasteiger partial charge < -0.3 is 15.1 Å². The average Bonchev–Trinajstić information content (AvgIpc) is 2.64. The van der Waals surface area contributed by atoms with E-state index < -0.39 is 0 Å². The lowest BCUT2D eigenvalue weighted by molar-refractivity contribution is -0.119.